The fraction of sp³-hybridized carbons (Fsp3) is 0.227. The fourth-order valence-corrected chi connectivity index (χ4v) is 2.68. The maximum Gasteiger partial charge on any atom is 0.450 e. The Morgan fingerprint density at radius 3 is 1.97 bits per heavy atom. The predicted molar refractivity (Wildman–Crippen MR) is 109 cm³/mol. The number of nitrogens with zero attached hydrogens (tertiary/aromatic N) is 1. The van der Waals surface area contributed by atoms with Gasteiger partial charge in [0, 0.05) is 5.56 Å². The Morgan fingerprint density at radius 1 is 0.882 bits per heavy atom. The van der Waals surface area contributed by atoms with Crippen molar-refractivity contribution in [2.45, 2.75) is 18.8 Å². The number of alkyl halides is 6. The SMILES string of the molecule is COc1ccccc1-c1cc(C(F)(F)F)[nH]n1.COc1ccccc1C(=O)CC(=O)C(F)(F)F. The van der Waals surface area contributed by atoms with Crippen LogP contribution in [0.3, 0.4) is 0 Å². The topological polar surface area (TPSA) is 81.3 Å². The summed E-state index contributed by atoms with van der Waals surface area (Å²) in [7, 11) is 2.74. The first-order valence-electron chi connectivity index (χ1n) is 9.40. The van der Waals surface area contributed by atoms with E-state index in [1.807, 2.05) is 5.10 Å². The van der Waals surface area contributed by atoms with Crippen LogP contribution < -0.4 is 9.47 Å². The first kappa shape index (κ1) is 26.4. The van der Waals surface area contributed by atoms with Gasteiger partial charge in [0.15, 0.2) is 5.78 Å². The molecular formula is C22H18F6N2O4. The van der Waals surface area contributed by atoms with Crippen LogP contribution >= 0.6 is 0 Å². The van der Waals surface area contributed by atoms with Crippen LogP contribution in [0.15, 0.2) is 54.6 Å². The largest absolute Gasteiger partial charge is 0.496 e. The molecule has 0 fully saturated rings. The normalized spacial score (nSPS) is 11.3. The van der Waals surface area contributed by atoms with Gasteiger partial charge in [0.1, 0.15) is 17.2 Å². The first-order valence-corrected chi connectivity index (χ1v) is 9.40. The number of para-hydroxylation sites is 2. The Kier molecular flexibility index (Phi) is 8.44. The molecule has 0 saturated heterocycles. The fourth-order valence-electron chi connectivity index (χ4n) is 2.68. The summed E-state index contributed by atoms with van der Waals surface area (Å²) in [5.41, 5.74) is -0.192. The number of H-pyrrole nitrogens is 1. The molecule has 6 nitrogen and oxygen atoms in total. The highest BCUT2D eigenvalue weighted by Crippen LogP contribution is 2.33. The van der Waals surface area contributed by atoms with Gasteiger partial charge in [0.2, 0.25) is 5.78 Å². The molecule has 0 radical (unpaired) electrons. The highest BCUT2D eigenvalue weighted by molar-refractivity contribution is 6.10. The Morgan fingerprint density at radius 2 is 1.44 bits per heavy atom. The lowest BCUT2D eigenvalue weighted by Crippen LogP contribution is -2.25. The number of Topliss-reactive ketones (excluding diaryl/α,β-unsaturated/α-hetero) is 2. The number of hydrogen-bond acceptors (Lipinski definition) is 5. The molecule has 0 aliphatic rings. The van der Waals surface area contributed by atoms with Crippen LogP contribution in [0, 0.1) is 0 Å². The quantitative estimate of drug-likeness (QED) is 0.281. The Bertz CT molecular complexity index is 1140. The summed E-state index contributed by atoms with van der Waals surface area (Å²) >= 11 is 0. The molecule has 1 N–H and O–H groups in total. The molecule has 3 aromatic rings. The van der Waals surface area contributed by atoms with Gasteiger partial charge in [-0.2, -0.15) is 31.4 Å². The lowest BCUT2D eigenvalue weighted by Gasteiger charge is -2.07. The van der Waals surface area contributed by atoms with E-state index in [0.717, 1.165) is 6.07 Å². The van der Waals surface area contributed by atoms with E-state index >= 15 is 0 Å². The smallest absolute Gasteiger partial charge is 0.450 e. The molecule has 12 heteroatoms. The number of hydrogen-bond donors (Lipinski definition) is 1. The van der Waals surface area contributed by atoms with Crippen molar-refractivity contribution in [3.63, 3.8) is 0 Å². The number of aromatic amines is 1. The number of carbonyl (C=O) groups excluding carboxylic acids is 2. The number of ketones is 2. The molecule has 2 aromatic carbocycles. The van der Waals surface area contributed by atoms with E-state index in [1.165, 1.54) is 32.4 Å². The van der Waals surface area contributed by atoms with Crippen molar-refractivity contribution >= 4 is 11.6 Å². The Hall–Kier alpha value is -3.83. The van der Waals surface area contributed by atoms with Gasteiger partial charge in [-0.1, -0.05) is 24.3 Å². The molecule has 1 aromatic heterocycles. The molecule has 0 amide bonds. The summed E-state index contributed by atoms with van der Waals surface area (Å²) in [5.74, 6) is -2.35. The zero-order valence-electron chi connectivity index (χ0n) is 17.8. The van der Waals surface area contributed by atoms with Gasteiger partial charge in [-0.15, -0.1) is 0 Å². The minimum absolute atomic E-state index is 0.0346. The predicted octanol–water partition coefficient (Wildman–Crippen LogP) is 5.50. The zero-order chi connectivity index (χ0) is 25.5. The van der Waals surface area contributed by atoms with E-state index in [2.05, 4.69) is 5.10 Å². The summed E-state index contributed by atoms with van der Waals surface area (Å²) in [6.07, 6.45) is -10.6. The van der Waals surface area contributed by atoms with Crippen LogP contribution in [0.2, 0.25) is 0 Å². The number of benzene rings is 2. The molecule has 0 aliphatic heterocycles. The number of rotatable bonds is 6. The second-order valence-electron chi connectivity index (χ2n) is 6.59. The molecule has 34 heavy (non-hydrogen) atoms. The average Bonchev–Trinajstić information content (AvgIpc) is 3.29. The Balaban J connectivity index is 0.000000240. The van der Waals surface area contributed by atoms with Gasteiger partial charge in [-0.3, -0.25) is 14.7 Å². The van der Waals surface area contributed by atoms with Crippen molar-refractivity contribution < 1.29 is 45.4 Å². The van der Waals surface area contributed by atoms with Crippen molar-refractivity contribution in [2.75, 3.05) is 14.2 Å². The van der Waals surface area contributed by atoms with Crippen LogP contribution in [0.4, 0.5) is 26.3 Å². The molecule has 0 aliphatic carbocycles. The molecular weight excluding hydrogens is 470 g/mol. The third-order valence-electron chi connectivity index (χ3n) is 4.31. The number of nitrogens with one attached hydrogen (secondary N) is 1. The van der Waals surface area contributed by atoms with E-state index < -0.39 is 36.0 Å². The van der Waals surface area contributed by atoms with Crippen LogP contribution in [-0.4, -0.2) is 42.2 Å². The highest BCUT2D eigenvalue weighted by atomic mass is 19.4. The summed E-state index contributed by atoms with van der Waals surface area (Å²) < 4.78 is 83.0. The van der Waals surface area contributed by atoms with Crippen molar-refractivity contribution in [3.05, 3.63) is 65.9 Å². The molecule has 0 bridgehead atoms. The summed E-state index contributed by atoms with van der Waals surface area (Å²) in [5, 5.41) is 5.60. The van der Waals surface area contributed by atoms with Crippen molar-refractivity contribution in [3.8, 4) is 22.8 Å². The van der Waals surface area contributed by atoms with E-state index in [1.54, 1.807) is 30.3 Å². The highest BCUT2D eigenvalue weighted by Gasteiger charge is 2.39. The number of halogens is 6. The van der Waals surface area contributed by atoms with Gasteiger partial charge >= 0.3 is 12.4 Å². The summed E-state index contributed by atoms with van der Waals surface area (Å²) in [6, 6.07) is 13.5. The molecule has 182 valence electrons. The van der Waals surface area contributed by atoms with Gasteiger partial charge in [-0.05, 0) is 30.3 Å². The van der Waals surface area contributed by atoms with Crippen molar-refractivity contribution in [1.82, 2.24) is 10.2 Å². The van der Waals surface area contributed by atoms with Gasteiger partial charge in [-0.25, -0.2) is 0 Å². The van der Waals surface area contributed by atoms with Crippen LogP contribution in [-0.2, 0) is 11.0 Å². The number of ether oxygens (including phenoxy) is 2. The summed E-state index contributed by atoms with van der Waals surface area (Å²) in [6.45, 7) is 0. The van der Waals surface area contributed by atoms with Crippen LogP contribution in [0.1, 0.15) is 22.5 Å². The average molecular weight is 488 g/mol. The number of carbonyl (C=O) groups is 2. The monoisotopic (exact) mass is 488 g/mol. The standard InChI is InChI=1S/C11H9F3N2O.C11H9F3O3/c1-17-9-5-3-2-4-7(9)8-6-10(16-15-8)11(12,13)14;1-17-9-5-3-2-4-7(9)8(15)6-10(16)11(12,13)14/h2-6H,1H3,(H,15,16);2-5H,6H2,1H3. The Labute approximate surface area is 189 Å². The number of aromatic nitrogens is 2. The molecule has 0 atom stereocenters. The molecule has 1 heterocycles. The maximum absolute atomic E-state index is 12.4. The van der Waals surface area contributed by atoms with E-state index in [9.17, 15) is 35.9 Å². The van der Waals surface area contributed by atoms with Gasteiger partial charge in [0.05, 0.1) is 31.9 Å². The second-order valence-corrected chi connectivity index (χ2v) is 6.59. The maximum atomic E-state index is 12.4. The van der Waals surface area contributed by atoms with E-state index in [0.29, 0.717) is 11.3 Å². The zero-order valence-corrected chi connectivity index (χ0v) is 17.8. The summed E-state index contributed by atoms with van der Waals surface area (Å²) in [4.78, 5) is 22.1. The lowest BCUT2D eigenvalue weighted by molar-refractivity contribution is -0.170. The minimum atomic E-state index is -4.99. The first-order chi connectivity index (χ1) is 15.9. The molecule has 0 saturated carbocycles. The van der Waals surface area contributed by atoms with E-state index in [-0.39, 0.29) is 17.0 Å². The van der Waals surface area contributed by atoms with Gasteiger partial charge < -0.3 is 9.47 Å². The van der Waals surface area contributed by atoms with Crippen LogP contribution in [0.5, 0.6) is 11.5 Å². The molecule has 0 spiro atoms. The lowest BCUT2D eigenvalue weighted by atomic mass is 10.0. The third-order valence-corrected chi connectivity index (χ3v) is 4.31. The number of methoxy groups -OCH3 is 2. The molecule has 0 unspecified atom stereocenters. The molecule has 3 rings (SSSR count). The van der Waals surface area contributed by atoms with Crippen LogP contribution in [0.25, 0.3) is 11.3 Å². The van der Waals surface area contributed by atoms with E-state index in [4.69, 9.17) is 9.47 Å². The second kappa shape index (κ2) is 10.9. The van der Waals surface area contributed by atoms with Crippen molar-refractivity contribution in [2.24, 2.45) is 0 Å². The van der Waals surface area contributed by atoms with Gasteiger partial charge in [0.25, 0.3) is 0 Å². The third kappa shape index (κ3) is 6.83. The van der Waals surface area contributed by atoms with Crippen molar-refractivity contribution in [1.29, 1.82) is 0 Å². The minimum Gasteiger partial charge on any atom is -0.496 e.